The van der Waals surface area contributed by atoms with Crippen LogP contribution in [0.1, 0.15) is 36.3 Å². The third-order valence-corrected chi connectivity index (χ3v) is 5.87. The molecule has 1 aliphatic rings. The van der Waals surface area contributed by atoms with E-state index in [9.17, 15) is 13.6 Å². The Morgan fingerprint density at radius 2 is 2.00 bits per heavy atom. The zero-order chi connectivity index (χ0) is 23.7. The van der Waals surface area contributed by atoms with Crippen molar-refractivity contribution in [3.8, 4) is 16.9 Å². The minimum atomic E-state index is -1.43. The normalized spacial score (nSPS) is 15.4. The average Bonchev–Trinajstić information content (AvgIpc) is 3.47. The number of halogens is 2. The number of hydrogen-bond donors (Lipinski definition) is 3. The highest BCUT2D eigenvalue weighted by Gasteiger charge is 2.20. The molecule has 4 aromatic rings. The van der Waals surface area contributed by atoms with Crippen molar-refractivity contribution < 1.29 is 18.3 Å². The van der Waals surface area contributed by atoms with E-state index in [1.165, 1.54) is 13.0 Å². The van der Waals surface area contributed by atoms with Gasteiger partial charge in [-0.3, -0.25) is 14.6 Å². The molecule has 0 radical (unpaired) electrons. The van der Waals surface area contributed by atoms with Gasteiger partial charge >= 0.3 is 0 Å². The van der Waals surface area contributed by atoms with Gasteiger partial charge in [0.1, 0.15) is 11.6 Å². The molecule has 8 nitrogen and oxygen atoms in total. The lowest BCUT2D eigenvalue weighted by Crippen LogP contribution is -2.29. The quantitative estimate of drug-likeness (QED) is 0.391. The third-order valence-electron chi connectivity index (χ3n) is 5.87. The molecule has 176 valence electrons. The Hall–Kier alpha value is -3.79. The summed E-state index contributed by atoms with van der Waals surface area (Å²) in [6, 6.07) is 9.55. The number of alkyl halides is 1. The number of ether oxygens (including phenoxy) is 1. The maximum absolute atomic E-state index is 14.9. The maximum Gasteiger partial charge on any atom is 0.276 e. The van der Waals surface area contributed by atoms with Crippen molar-refractivity contribution in [2.45, 2.75) is 32.2 Å². The molecule has 0 bridgehead atoms. The van der Waals surface area contributed by atoms with Crippen LogP contribution >= 0.6 is 0 Å². The van der Waals surface area contributed by atoms with Gasteiger partial charge in [0, 0.05) is 41.4 Å². The highest BCUT2D eigenvalue weighted by atomic mass is 19.1. The summed E-state index contributed by atoms with van der Waals surface area (Å²) in [7, 11) is 0. The minimum absolute atomic E-state index is 0.139. The smallest absolute Gasteiger partial charge is 0.276 e. The van der Waals surface area contributed by atoms with Gasteiger partial charge in [-0.05, 0) is 56.3 Å². The van der Waals surface area contributed by atoms with E-state index in [2.05, 4.69) is 25.9 Å². The third kappa shape index (κ3) is 4.49. The summed E-state index contributed by atoms with van der Waals surface area (Å²) >= 11 is 0. The Morgan fingerprint density at radius 1 is 1.24 bits per heavy atom. The van der Waals surface area contributed by atoms with Gasteiger partial charge in [0.2, 0.25) is 6.36 Å². The van der Waals surface area contributed by atoms with Gasteiger partial charge in [-0.15, -0.1) is 0 Å². The van der Waals surface area contributed by atoms with Gasteiger partial charge in [-0.25, -0.2) is 8.78 Å². The molecule has 3 N–H and O–H groups in total. The van der Waals surface area contributed by atoms with Crippen LogP contribution in [0.25, 0.3) is 22.0 Å². The molecule has 0 aliphatic carbocycles. The second-order valence-electron chi connectivity index (χ2n) is 8.28. The molecule has 1 fully saturated rings. The summed E-state index contributed by atoms with van der Waals surface area (Å²) in [6.07, 6.45) is 4.00. The molecule has 34 heavy (non-hydrogen) atoms. The Labute approximate surface area is 194 Å². The van der Waals surface area contributed by atoms with Crippen LogP contribution in [0.4, 0.5) is 14.5 Å². The van der Waals surface area contributed by atoms with Gasteiger partial charge in [-0.1, -0.05) is 0 Å². The number of aromatic nitrogens is 4. The molecule has 1 amide bonds. The van der Waals surface area contributed by atoms with Crippen molar-refractivity contribution in [1.29, 1.82) is 0 Å². The molecule has 0 saturated carbocycles. The summed E-state index contributed by atoms with van der Waals surface area (Å²) in [6.45, 7) is 3.14. The van der Waals surface area contributed by atoms with E-state index in [4.69, 9.17) is 4.74 Å². The Kier molecular flexibility index (Phi) is 5.97. The molecule has 1 atom stereocenters. The first kappa shape index (κ1) is 22.0. The van der Waals surface area contributed by atoms with Crippen LogP contribution in [0.3, 0.4) is 0 Å². The highest BCUT2D eigenvalue weighted by Crippen LogP contribution is 2.30. The van der Waals surface area contributed by atoms with Crippen LogP contribution in [0.5, 0.6) is 5.75 Å². The topological polar surface area (TPSA) is 96.9 Å². The number of piperidine rings is 1. The number of hydrogen-bond acceptors (Lipinski definition) is 5. The van der Waals surface area contributed by atoms with E-state index < -0.39 is 18.1 Å². The lowest BCUT2D eigenvalue weighted by Gasteiger charge is -2.22. The lowest BCUT2D eigenvalue weighted by molar-refractivity contribution is 0.0860. The van der Waals surface area contributed by atoms with E-state index in [1.807, 2.05) is 10.9 Å². The number of amides is 1. The molecule has 1 aliphatic heterocycles. The zero-order valence-electron chi connectivity index (χ0n) is 18.5. The van der Waals surface area contributed by atoms with Gasteiger partial charge in [0.25, 0.3) is 5.91 Å². The first-order chi connectivity index (χ1) is 16.5. The molecular formula is C24H24F2N6O2. The van der Waals surface area contributed by atoms with Crippen molar-refractivity contribution in [2.75, 3.05) is 18.4 Å². The Balaban J connectivity index is 1.39. The van der Waals surface area contributed by atoms with Gasteiger partial charge in [-0.2, -0.15) is 10.2 Å². The van der Waals surface area contributed by atoms with Crippen LogP contribution in [-0.4, -0.2) is 45.3 Å². The van der Waals surface area contributed by atoms with E-state index in [1.54, 1.807) is 36.5 Å². The van der Waals surface area contributed by atoms with Crippen molar-refractivity contribution >= 4 is 22.5 Å². The minimum Gasteiger partial charge on any atom is -0.461 e. The van der Waals surface area contributed by atoms with Gasteiger partial charge in [0.05, 0.1) is 17.8 Å². The fourth-order valence-corrected chi connectivity index (χ4v) is 4.18. The number of rotatable bonds is 6. The number of anilines is 1. The van der Waals surface area contributed by atoms with Crippen LogP contribution in [0, 0.1) is 5.82 Å². The van der Waals surface area contributed by atoms with Crippen molar-refractivity contribution in [3.05, 3.63) is 60.3 Å². The molecule has 10 heteroatoms. The summed E-state index contributed by atoms with van der Waals surface area (Å²) in [5, 5.41) is 17.8. The first-order valence-electron chi connectivity index (χ1n) is 11.1. The molecule has 1 saturated heterocycles. The zero-order valence-corrected chi connectivity index (χ0v) is 18.5. The number of nitrogens with zero attached hydrogens (tertiary/aromatic N) is 3. The molecule has 1 unspecified atom stereocenters. The van der Waals surface area contributed by atoms with E-state index in [0.717, 1.165) is 25.9 Å². The van der Waals surface area contributed by atoms with Crippen molar-refractivity contribution in [3.63, 3.8) is 0 Å². The fraction of sp³-hybridized carbons (Fsp3) is 0.292. The maximum atomic E-state index is 14.9. The first-order valence-corrected chi connectivity index (χ1v) is 11.1. The molecular weight excluding hydrogens is 442 g/mol. The van der Waals surface area contributed by atoms with E-state index >= 15 is 0 Å². The second kappa shape index (κ2) is 9.22. The van der Waals surface area contributed by atoms with Gasteiger partial charge < -0.3 is 15.4 Å². The summed E-state index contributed by atoms with van der Waals surface area (Å²) < 4.78 is 34.7. The number of carbonyl (C=O) groups excluding carboxylic acids is 1. The molecule has 2 aromatic heterocycles. The van der Waals surface area contributed by atoms with E-state index in [0.29, 0.717) is 33.5 Å². The largest absolute Gasteiger partial charge is 0.461 e. The number of aromatic amines is 1. The number of fused-ring (bicyclic) bond motifs is 1. The lowest BCUT2D eigenvalue weighted by atomic mass is 10.0. The van der Waals surface area contributed by atoms with Crippen molar-refractivity contribution in [1.82, 2.24) is 25.3 Å². The molecule has 0 spiro atoms. The van der Waals surface area contributed by atoms with Crippen LogP contribution in [0.2, 0.25) is 0 Å². The SMILES string of the molecule is CC(F)Oc1ccc(NC(=O)c2n[nH]c3cc(F)c(-c4cnn(C5CCNCC5)c4)cc23)cc1. The highest BCUT2D eigenvalue weighted by molar-refractivity contribution is 6.11. The summed E-state index contributed by atoms with van der Waals surface area (Å²) in [5.41, 5.74) is 2.04. The predicted octanol–water partition coefficient (Wildman–Crippen LogP) is 4.44. The number of carbonyl (C=O) groups is 1. The van der Waals surface area contributed by atoms with Crippen LogP contribution in [0.15, 0.2) is 48.8 Å². The van der Waals surface area contributed by atoms with E-state index in [-0.39, 0.29) is 11.7 Å². The van der Waals surface area contributed by atoms with Crippen LogP contribution < -0.4 is 15.4 Å². The average molecular weight is 466 g/mol. The number of H-pyrrole nitrogens is 1. The number of benzene rings is 2. The standard InChI is InChI=1S/C24H24F2N6O2/c1-14(25)34-18-4-2-16(3-5-18)29-24(33)23-20-10-19(21(26)11-22(20)30-31-23)15-12-28-32(13-15)17-6-8-27-9-7-17/h2-5,10-14,17,27H,6-9H2,1H3,(H,29,33)(H,30,31). The summed E-state index contributed by atoms with van der Waals surface area (Å²) in [4.78, 5) is 12.9. The molecule has 3 heterocycles. The van der Waals surface area contributed by atoms with Crippen molar-refractivity contribution in [2.24, 2.45) is 0 Å². The predicted molar refractivity (Wildman–Crippen MR) is 124 cm³/mol. The van der Waals surface area contributed by atoms with Crippen LogP contribution in [-0.2, 0) is 0 Å². The monoisotopic (exact) mass is 466 g/mol. The number of nitrogens with one attached hydrogen (secondary N) is 3. The molecule has 2 aromatic carbocycles. The molecule has 5 rings (SSSR count). The Morgan fingerprint density at radius 3 is 2.74 bits per heavy atom. The van der Waals surface area contributed by atoms with Gasteiger partial charge in [0.15, 0.2) is 5.69 Å². The fourth-order valence-electron chi connectivity index (χ4n) is 4.18. The summed E-state index contributed by atoms with van der Waals surface area (Å²) in [5.74, 6) is -0.532. The Bertz CT molecular complexity index is 1310. The second-order valence-corrected chi connectivity index (χ2v) is 8.28.